The van der Waals surface area contributed by atoms with Gasteiger partial charge in [-0.15, -0.1) is 0 Å². The summed E-state index contributed by atoms with van der Waals surface area (Å²) in [6.45, 7) is 4.29. The Hall–Kier alpha value is -3.20. The van der Waals surface area contributed by atoms with Gasteiger partial charge in [-0.1, -0.05) is 12.1 Å². The molecule has 0 aliphatic rings. The molecule has 122 valence electrons. The van der Waals surface area contributed by atoms with Gasteiger partial charge in [0, 0.05) is 24.2 Å². The van der Waals surface area contributed by atoms with Crippen LogP contribution in [-0.4, -0.2) is 22.3 Å². The molecule has 2 aromatic carbocycles. The number of nitrogens with zero attached hydrogens (tertiary/aromatic N) is 3. The van der Waals surface area contributed by atoms with Crippen LogP contribution in [0.2, 0.25) is 0 Å². The summed E-state index contributed by atoms with van der Waals surface area (Å²) in [6.07, 6.45) is 0. The third-order valence-electron chi connectivity index (χ3n) is 3.92. The van der Waals surface area contributed by atoms with E-state index in [1.807, 2.05) is 26.0 Å². The Bertz CT molecular complexity index is 777. The number of non-ortho nitro benzene ring substituents is 1. The van der Waals surface area contributed by atoms with Gasteiger partial charge in [0.05, 0.1) is 22.6 Å². The SMILES string of the molecule is CCN(C(=O)c1ccc([N+](=O)[O-])cc1)C(C)c1ccc(C#N)cc1. The minimum Gasteiger partial charge on any atom is -0.332 e. The molecule has 24 heavy (non-hydrogen) atoms. The van der Waals surface area contributed by atoms with E-state index in [1.165, 1.54) is 24.3 Å². The molecule has 1 unspecified atom stereocenters. The number of carbonyl (C=O) groups excluding carboxylic acids is 1. The first-order valence-corrected chi connectivity index (χ1v) is 7.53. The fraction of sp³-hybridized carbons (Fsp3) is 0.222. The van der Waals surface area contributed by atoms with Crippen LogP contribution >= 0.6 is 0 Å². The zero-order valence-electron chi connectivity index (χ0n) is 13.5. The maximum Gasteiger partial charge on any atom is 0.269 e. The number of nitro benzene ring substituents is 1. The maximum absolute atomic E-state index is 12.7. The summed E-state index contributed by atoms with van der Waals surface area (Å²) in [5, 5.41) is 19.6. The van der Waals surface area contributed by atoms with Gasteiger partial charge in [-0.2, -0.15) is 5.26 Å². The molecule has 0 spiro atoms. The van der Waals surface area contributed by atoms with Crippen LogP contribution in [0.1, 0.15) is 41.4 Å². The van der Waals surface area contributed by atoms with Crippen LogP contribution in [0.5, 0.6) is 0 Å². The summed E-state index contributed by atoms with van der Waals surface area (Å²) < 4.78 is 0. The van der Waals surface area contributed by atoms with Gasteiger partial charge in [0.2, 0.25) is 0 Å². The Balaban J connectivity index is 2.23. The van der Waals surface area contributed by atoms with Gasteiger partial charge in [0.1, 0.15) is 0 Å². The second-order valence-corrected chi connectivity index (χ2v) is 5.30. The Labute approximate surface area is 140 Å². The Morgan fingerprint density at radius 2 is 1.79 bits per heavy atom. The molecule has 2 aromatic rings. The summed E-state index contributed by atoms with van der Waals surface area (Å²) in [4.78, 5) is 24.6. The summed E-state index contributed by atoms with van der Waals surface area (Å²) in [7, 11) is 0. The first-order valence-electron chi connectivity index (χ1n) is 7.53. The van der Waals surface area contributed by atoms with Crippen molar-refractivity contribution >= 4 is 11.6 Å². The van der Waals surface area contributed by atoms with Crippen molar-refractivity contribution in [1.82, 2.24) is 4.90 Å². The highest BCUT2D eigenvalue weighted by Crippen LogP contribution is 2.23. The molecular weight excluding hydrogens is 306 g/mol. The normalized spacial score (nSPS) is 11.4. The van der Waals surface area contributed by atoms with Crippen LogP contribution in [0.3, 0.4) is 0 Å². The van der Waals surface area contributed by atoms with Gasteiger partial charge < -0.3 is 4.90 Å². The molecule has 0 aromatic heterocycles. The average molecular weight is 323 g/mol. The third-order valence-corrected chi connectivity index (χ3v) is 3.92. The van der Waals surface area contributed by atoms with E-state index in [-0.39, 0.29) is 17.6 Å². The quantitative estimate of drug-likeness (QED) is 0.620. The van der Waals surface area contributed by atoms with Gasteiger partial charge >= 0.3 is 0 Å². The van der Waals surface area contributed by atoms with Crippen molar-refractivity contribution in [3.63, 3.8) is 0 Å². The molecule has 6 heteroatoms. The van der Waals surface area contributed by atoms with Crippen LogP contribution in [0.15, 0.2) is 48.5 Å². The highest BCUT2D eigenvalue weighted by molar-refractivity contribution is 5.94. The minimum atomic E-state index is -0.495. The lowest BCUT2D eigenvalue weighted by atomic mass is 10.0. The standard InChI is InChI=1S/C18H17N3O3/c1-3-20(13(2)15-6-4-14(12-19)5-7-15)18(22)16-8-10-17(11-9-16)21(23)24/h4-11,13H,3H2,1-2H3. The summed E-state index contributed by atoms with van der Waals surface area (Å²) in [5.41, 5.74) is 1.85. The first kappa shape index (κ1) is 17.2. The van der Waals surface area contributed by atoms with Gasteiger partial charge in [0.25, 0.3) is 11.6 Å². The maximum atomic E-state index is 12.7. The van der Waals surface area contributed by atoms with Crippen molar-refractivity contribution in [3.05, 3.63) is 75.3 Å². The Morgan fingerprint density at radius 3 is 2.25 bits per heavy atom. The van der Waals surface area contributed by atoms with Crippen molar-refractivity contribution < 1.29 is 9.72 Å². The molecule has 0 aliphatic carbocycles. The van der Waals surface area contributed by atoms with Crippen molar-refractivity contribution in [2.75, 3.05) is 6.54 Å². The van der Waals surface area contributed by atoms with Gasteiger partial charge in [-0.25, -0.2) is 0 Å². The van der Waals surface area contributed by atoms with Crippen molar-refractivity contribution in [1.29, 1.82) is 5.26 Å². The monoisotopic (exact) mass is 323 g/mol. The van der Waals surface area contributed by atoms with Crippen molar-refractivity contribution in [2.24, 2.45) is 0 Å². The predicted molar refractivity (Wildman–Crippen MR) is 89.4 cm³/mol. The van der Waals surface area contributed by atoms with Gasteiger partial charge in [-0.3, -0.25) is 14.9 Å². The lowest BCUT2D eigenvalue weighted by Gasteiger charge is -2.28. The highest BCUT2D eigenvalue weighted by atomic mass is 16.6. The second-order valence-electron chi connectivity index (χ2n) is 5.30. The summed E-state index contributed by atoms with van der Waals surface area (Å²) >= 11 is 0. The molecule has 0 saturated heterocycles. The number of nitriles is 1. The fourth-order valence-corrected chi connectivity index (χ4v) is 2.50. The molecule has 0 saturated carbocycles. The van der Waals surface area contributed by atoms with Gasteiger partial charge in [0.15, 0.2) is 0 Å². The number of hydrogen-bond acceptors (Lipinski definition) is 4. The fourth-order valence-electron chi connectivity index (χ4n) is 2.50. The van der Waals surface area contributed by atoms with Gasteiger partial charge in [-0.05, 0) is 43.7 Å². The number of hydrogen-bond donors (Lipinski definition) is 0. The molecule has 0 aliphatic heterocycles. The topological polar surface area (TPSA) is 87.2 Å². The Kier molecular flexibility index (Phi) is 5.27. The lowest BCUT2D eigenvalue weighted by molar-refractivity contribution is -0.384. The van der Waals surface area contributed by atoms with E-state index in [0.29, 0.717) is 17.7 Å². The molecule has 1 amide bonds. The van der Waals surface area contributed by atoms with Crippen molar-refractivity contribution in [3.8, 4) is 6.07 Å². The van der Waals surface area contributed by atoms with Crippen LogP contribution in [0, 0.1) is 21.4 Å². The minimum absolute atomic E-state index is 0.0465. The molecular formula is C18H17N3O3. The highest BCUT2D eigenvalue weighted by Gasteiger charge is 2.21. The molecule has 0 N–H and O–H groups in total. The average Bonchev–Trinajstić information content (AvgIpc) is 2.62. The number of amides is 1. The van der Waals surface area contributed by atoms with Crippen LogP contribution in [-0.2, 0) is 0 Å². The van der Waals surface area contributed by atoms with E-state index >= 15 is 0 Å². The number of benzene rings is 2. The molecule has 0 bridgehead atoms. The van der Waals surface area contributed by atoms with E-state index < -0.39 is 4.92 Å². The third kappa shape index (κ3) is 3.58. The summed E-state index contributed by atoms with van der Waals surface area (Å²) in [6, 6.07) is 14.6. The summed E-state index contributed by atoms with van der Waals surface area (Å²) in [5.74, 6) is -0.191. The van der Waals surface area contributed by atoms with Crippen LogP contribution in [0.25, 0.3) is 0 Å². The number of rotatable bonds is 5. The zero-order chi connectivity index (χ0) is 17.7. The molecule has 2 rings (SSSR count). The van der Waals surface area contributed by atoms with Crippen molar-refractivity contribution in [2.45, 2.75) is 19.9 Å². The van der Waals surface area contributed by atoms with E-state index in [1.54, 1.807) is 17.0 Å². The molecule has 0 heterocycles. The second kappa shape index (κ2) is 7.38. The van der Waals surface area contributed by atoms with Crippen LogP contribution in [0.4, 0.5) is 5.69 Å². The van der Waals surface area contributed by atoms with E-state index in [2.05, 4.69) is 6.07 Å². The molecule has 6 nitrogen and oxygen atoms in total. The zero-order valence-corrected chi connectivity index (χ0v) is 13.5. The molecule has 0 radical (unpaired) electrons. The Morgan fingerprint density at radius 1 is 1.21 bits per heavy atom. The number of carbonyl (C=O) groups is 1. The van der Waals surface area contributed by atoms with E-state index in [9.17, 15) is 14.9 Å². The first-order chi connectivity index (χ1) is 11.5. The van der Waals surface area contributed by atoms with E-state index in [4.69, 9.17) is 5.26 Å². The van der Waals surface area contributed by atoms with Crippen LogP contribution < -0.4 is 0 Å². The number of nitro groups is 1. The molecule has 1 atom stereocenters. The lowest BCUT2D eigenvalue weighted by Crippen LogP contribution is -2.33. The molecule has 0 fully saturated rings. The largest absolute Gasteiger partial charge is 0.332 e. The smallest absolute Gasteiger partial charge is 0.269 e. The predicted octanol–water partition coefficient (Wildman–Crippen LogP) is 3.69. The van der Waals surface area contributed by atoms with E-state index in [0.717, 1.165) is 5.56 Å².